The number of rotatable bonds is 2. The van der Waals surface area contributed by atoms with Gasteiger partial charge in [-0.3, -0.25) is 9.48 Å². The highest BCUT2D eigenvalue weighted by atomic mass is 35.5. The van der Waals surface area contributed by atoms with E-state index in [1.807, 2.05) is 14.0 Å². The topological polar surface area (TPSA) is 56.1 Å². The van der Waals surface area contributed by atoms with Gasteiger partial charge in [0.05, 0.1) is 11.8 Å². The van der Waals surface area contributed by atoms with Crippen LogP contribution in [-0.2, 0) is 16.6 Å². The van der Waals surface area contributed by atoms with Crippen LogP contribution in [0.25, 0.3) is 0 Å². The molecule has 0 spiro atoms. The maximum absolute atomic E-state index is 11.1. The van der Waals surface area contributed by atoms with Gasteiger partial charge in [-0.05, 0) is 19.8 Å². The third-order valence-electron chi connectivity index (χ3n) is 3.21. The molecule has 1 amide bonds. The Bertz CT molecular complexity index is 458. The van der Waals surface area contributed by atoms with Crippen LogP contribution in [-0.4, -0.2) is 28.3 Å². The fourth-order valence-corrected chi connectivity index (χ4v) is 2.73. The Morgan fingerprint density at radius 3 is 2.89 bits per heavy atom. The molecule has 2 atom stereocenters. The van der Waals surface area contributed by atoms with Crippen LogP contribution in [0.15, 0.2) is 0 Å². The molecule has 1 aromatic heterocycles. The summed E-state index contributed by atoms with van der Waals surface area (Å²) >= 11 is 6.23. The zero-order valence-electron chi connectivity index (χ0n) is 10.9. The van der Waals surface area contributed by atoms with Gasteiger partial charge >= 0.3 is 0 Å². The Kier molecular flexibility index (Phi) is 3.92. The van der Waals surface area contributed by atoms with Crippen molar-refractivity contribution in [2.24, 2.45) is 7.05 Å². The first kappa shape index (κ1) is 13.4. The SMILES string of the molecule is CC(=O)N[C@@H]1CCO[C@H](c2c(C)nn(C)c2Cl)C1. The first-order valence-electron chi connectivity index (χ1n) is 6.06. The number of hydrogen-bond acceptors (Lipinski definition) is 3. The van der Waals surface area contributed by atoms with E-state index in [0.29, 0.717) is 11.8 Å². The molecule has 5 nitrogen and oxygen atoms in total. The Morgan fingerprint density at radius 2 is 2.33 bits per heavy atom. The molecule has 100 valence electrons. The summed E-state index contributed by atoms with van der Waals surface area (Å²) in [6.45, 7) is 4.08. The normalized spacial score (nSPS) is 24.0. The third kappa shape index (κ3) is 2.67. The van der Waals surface area contributed by atoms with Crippen molar-refractivity contribution in [3.05, 3.63) is 16.4 Å². The van der Waals surface area contributed by atoms with E-state index < -0.39 is 0 Å². The molecule has 1 aliphatic rings. The monoisotopic (exact) mass is 271 g/mol. The molecule has 6 heteroatoms. The van der Waals surface area contributed by atoms with E-state index in [2.05, 4.69) is 10.4 Å². The lowest BCUT2D eigenvalue weighted by molar-refractivity contribution is -0.120. The van der Waals surface area contributed by atoms with Crippen LogP contribution in [0, 0.1) is 6.92 Å². The molecule has 0 aromatic carbocycles. The lowest BCUT2D eigenvalue weighted by Crippen LogP contribution is -2.38. The van der Waals surface area contributed by atoms with Gasteiger partial charge in [-0.2, -0.15) is 5.10 Å². The Hall–Kier alpha value is -1.07. The van der Waals surface area contributed by atoms with E-state index in [0.717, 1.165) is 24.1 Å². The van der Waals surface area contributed by atoms with Crippen molar-refractivity contribution in [2.75, 3.05) is 6.61 Å². The minimum atomic E-state index is -0.0863. The quantitative estimate of drug-likeness (QED) is 0.891. The summed E-state index contributed by atoms with van der Waals surface area (Å²) < 4.78 is 7.41. The zero-order chi connectivity index (χ0) is 13.3. The molecule has 1 aromatic rings. The van der Waals surface area contributed by atoms with Gasteiger partial charge in [-0.15, -0.1) is 0 Å². The van der Waals surface area contributed by atoms with E-state index in [1.54, 1.807) is 4.68 Å². The summed E-state index contributed by atoms with van der Waals surface area (Å²) in [6.07, 6.45) is 1.50. The number of aryl methyl sites for hydroxylation is 2. The molecule has 1 aliphatic heterocycles. The molecule has 0 saturated carbocycles. The molecule has 0 radical (unpaired) electrons. The van der Waals surface area contributed by atoms with E-state index in [-0.39, 0.29) is 18.1 Å². The highest BCUT2D eigenvalue weighted by molar-refractivity contribution is 6.30. The summed E-state index contributed by atoms with van der Waals surface area (Å²) in [5, 5.41) is 7.84. The molecular formula is C12H18ClN3O2. The van der Waals surface area contributed by atoms with E-state index in [4.69, 9.17) is 16.3 Å². The third-order valence-corrected chi connectivity index (χ3v) is 3.66. The summed E-state index contributed by atoms with van der Waals surface area (Å²) in [6, 6.07) is 0.150. The highest BCUT2D eigenvalue weighted by Gasteiger charge is 2.29. The van der Waals surface area contributed by atoms with Crippen LogP contribution in [0.2, 0.25) is 5.15 Å². The van der Waals surface area contributed by atoms with Gasteiger partial charge in [0.15, 0.2) is 0 Å². The lowest BCUT2D eigenvalue weighted by Gasteiger charge is -2.30. The number of amides is 1. The molecule has 1 fully saturated rings. The number of aromatic nitrogens is 2. The number of nitrogens with one attached hydrogen (secondary N) is 1. The fraction of sp³-hybridized carbons (Fsp3) is 0.667. The van der Waals surface area contributed by atoms with Gasteiger partial charge in [0.1, 0.15) is 5.15 Å². The zero-order valence-corrected chi connectivity index (χ0v) is 11.6. The van der Waals surface area contributed by atoms with Crippen LogP contribution in [0.3, 0.4) is 0 Å². The van der Waals surface area contributed by atoms with Crippen molar-refractivity contribution in [3.63, 3.8) is 0 Å². The van der Waals surface area contributed by atoms with Gasteiger partial charge in [-0.1, -0.05) is 11.6 Å². The number of carbonyl (C=O) groups excluding carboxylic acids is 1. The number of nitrogens with zero attached hydrogens (tertiary/aromatic N) is 2. The molecule has 1 saturated heterocycles. The van der Waals surface area contributed by atoms with Crippen molar-refractivity contribution >= 4 is 17.5 Å². The average Bonchev–Trinajstić information content (AvgIpc) is 2.52. The van der Waals surface area contributed by atoms with Gasteiger partial charge in [-0.25, -0.2) is 0 Å². The number of hydrogen-bond donors (Lipinski definition) is 1. The Labute approximate surface area is 111 Å². The summed E-state index contributed by atoms with van der Waals surface area (Å²) in [5.74, 6) is -0.00495. The van der Waals surface area contributed by atoms with Crippen molar-refractivity contribution < 1.29 is 9.53 Å². The first-order chi connectivity index (χ1) is 8.49. The van der Waals surface area contributed by atoms with Crippen molar-refractivity contribution in [1.82, 2.24) is 15.1 Å². The van der Waals surface area contributed by atoms with Crippen LogP contribution in [0.5, 0.6) is 0 Å². The van der Waals surface area contributed by atoms with Gasteiger partial charge in [0, 0.05) is 32.2 Å². The average molecular weight is 272 g/mol. The standard InChI is InChI=1S/C12H18ClN3O2/c1-7-11(12(13)16(3)15-7)10-6-9(4-5-18-10)14-8(2)17/h9-10H,4-6H2,1-3H3,(H,14,17)/t9-,10+/m1/s1. The number of carbonyl (C=O) groups is 1. The minimum Gasteiger partial charge on any atom is -0.373 e. The summed E-state index contributed by atoms with van der Waals surface area (Å²) in [5.41, 5.74) is 1.82. The fourth-order valence-electron chi connectivity index (χ4n) is 2.43. The molecule has 2 rings (SSSR count). The van der Waals surface area contributed by atoms with Crippen LogP contribution >= 0.6 is 11.6 Å². The maximum Gasteiger partial charge on any atom is 0.217 e. The summed E-state index contributed by atoms with van der Waals surface area (Å²) in [4.78, 5) is 11.1. The molecule has 1 N–H and O–H groups in total. The van der Waals surface area contributed by atoms with Crippen molar-refractivity contribution in [1.29, 1.82) is 0 Å². The molecule has 0 unspecified atom stereocenters. The molecule has 2 heterocycles. The predicted molar refractivity (Wildman–Crippen MR) is 68.5 cm³/mol. The Balaban J connectivity index is 2.15. The van der Waals surface area contributed by atoms with Crippen LogP contribution in [0.4, 0.5) is 0 Å². The van der Waals surface area contributed by atoms with E-state index >= 15 is 0 Å². The second-order valence-electron chi connectivity index (χ2n) is 4.69. The van der Waals surface area contributed by atoms with Gasteiger partial charge < -0.3 is 10.1 Å². The van der Waals surface area contributed by atoms with Crippen LogP contribution < -0.4 is 5.32 Å². The molecule has 0 aliphatic carbocycles. The van der Waals surface area contributed by atoms with Crippen molar-refractivity contribution in [3.8, 4) is 0 Å². The van der Waals surface area contributed by atoms with E-state index in [9.17, 15) is 4.79 Å². The molecular weight excluding hydrogens is 254 g/mol. The van der Waals surface area contributed by atoms with Crippen LogP contribution in [0.1, 0.15) is 37.1 Å². The second kappa shape index (κ2) is 5.28. The summed E-state index contributed by atoms with van der Waals surface area (Å²) in [7, 11) is 1.81. The largest absolute Gasteiger partial charge is 0.373 e. The minimum absolute atomic E-state index is 0.00495. The Morgan fingerprint density at radius 1 is 1.61 bits per heavy atom. The van der Waals surface area contributed by atoms with Crippen molar-refractivity contribution in [2.45, 2.75) is 38.8 Å². The number of halogens is 1. The smallest absolute Gasteiger partial charge is 0.217 e. The first-order valence-corrected chi connectivity index (χ1v) is 6.44. The molecule has 0 bridgehead atoms. The lowest BCUT2D eigenvalue weighted by atomic mass is 9.98. The number of ether oxygens (including phenoxy) is 1. The van der Waals surface area contributed by atoms with E-state index in [1.165, 1.54) is 6.92 Å². The second-order valence-corrected chi connectivity index (χ2v) is 5.05. The maximum atomic E-state index is 11.1. The van der Waals surface area contributed by atoms with Gasteiger partial charge in [0.2, 0.25) is 5.91 Å². The highest BCUT2D eigenvalue weighted by Crippen LogP contribution is 2.34. The molecule has 18 heavy (non-hydrogen) atoms. The van der Waals surface area contributed by atoms with Gasteiger partial charge in [0.25, 0.3) is 0 Å². The predicted octanol–water partition coefficient (Wildman–Crippen LogP) is 1.74.